The van der Waals surface area contributed by atoms with Crippen LogP contribution in [0.1, 0.15) is 18.1 Å². The van der Waals surface area contributed by atoms with Crippen LogP contribution in [-0.4, -0.2) is 17.9 Å². The van der Waals surface area contributed by atoms with Gasteiger partial charge in [-0.15, -0.1) is 0 Å². The number of phenols is 1. The first-order chi connectivity index (χ1) is 10.1. The Morgan fingerprint density at radius 3 is 2.52 bits per heavy atom. The topological polar surface area (TPSA) is 51.0 Å². The van der Waals surface area contributed by atoms with Crippen molar-refractivity contribution in [3.8, 4) is 11.5 Å². The van der Waals surface area contributed by atoms with Crippen LogP contribution in [0, 0.1) is 5.82 Å². The number of methoxy groups -OCH3 is 1. The summed E-state index contributed by atoms with van der Waals surface area (Å²) >= 11 is 0. The molecule has 0 bridgehead atoms. The Balaban J connectivity index is 2.00. The number of aromatic hydroxyl groups is 1. The summed E-state index contributed by atoms with van der Waals surface area (Å²) in [6.07, 6.45) is 0. The minimum atomic E-state index is -0.285. The summed E-state index contributed by atoms with van der Waals surface area (Å²) in [5.74, 6) is 0.161. The molecule has 0 aliphatic carbocycles. The van der Waals surface area contributed by atoms with E-state index in [1.807, 2.05) is 0 Å². The lowest BCUT2D eigenvalue weighted by Gasteiger charge is -2.06. The third-order valence-corrected chi connectivity index (χ3v) is 2.94. The van der Waals surface area contributed by atoms with Gasteiger partial charge in [-0.2, -0.15) is 0 Å². The van der Waals surface area contributed by atoms with E-state index < -0.39 is 0 Å². The van der Waals surface area contributed by atoms with Gasteiger partial charge in [0.2, 0.25) is 0 Å². The molecular formula is C16H16FNO3. The van der Waals surface area contributed by atoms with E-state index in [4.69, 9.17) is 9.57 Å². The Hall–Kier alpha value is -2.56. The van der Waals surface area contributed by atoms with Crippen molar-refractivity contribution in [2.45, 2.75) is 13.5 Å². The quantitative estimate of drug-likeness (QED) is 0.677. The molecule has 0 unspecified atom stereocenters. The fourth-order valence-corrected chi connectivity index (χ4v) is 1.75. The highest BCUT2D eigenvalue weighted by Gasteiger charge is 2.05. The van der Waals surface area contributed by atoms with Crippen molar-refractivity contribution in [1.82, 2.24) is 0 Å². The molecule has 1 N–H and O–H groups in total. The lowest BCUT2D eigenvalue weighted by molar-refractivity contribution is 0.130. The summed E-state index contributed by atoms with van der Waals surface area (Å²) in [5.41, 5.74) is 2.17. The van der Waals surface area contributed by atoms with Gasteiger partial charge in [-0.05, 0) is 42.8 Å². The van der Waals surface area contributed by atoms with Crippen molar-refractivity contribution >= 4 is 5.71 Å². The minimum Gasteiger partial charge on any atom is -0.504 e. The maximum absolute atomic E-state index is 12.8. The zero-order valence-corrected chi connectivity index (χ0v) is 11.8. The van der Waals surface area contributed by atoms with Crippen molar-refractivity contribution in [2.24, 2.45) is 5.16 Å². The molecule has 0 heterocycles. The van der Waals surface area contributed by atoms with Gasteiger partial charge in [-0.3, -0.25) is 0 Å². The molecule has 0 spiro atoms. The SMILES string of the molecule is COc1ccc(/C(C)=N/OCc2ccc(F)cc2)cc1O. The largest absolute Gasteiger partial charge is 0.504 e. The number of oxime groups is 1. The predicted molar refractivity (Wildman–Crippen MR) is 78.1 cm³/mol. The van der Waals surface area contributed by atoms with E-state index in [9.17, 15) is 9.50 Å². The fraction of sp³-hybridized carbons (Fsp3) is 0.188. The monoisotopic (exact) mass is 289 g/mol. The number of hydrogen-bond donors (Lipinski definition) is 1. The van der Waals surface area contributed by atoms with Crippen molar-refractivity contribution in [3.63, 3.8) is 0 Å². The third-order valence-electron chi connectivity index (χ3n) is 2.94. The molecule has 0 amide bonds. The average molecular weight is 289 g/mol. The molecule has 0 saturated heterocycles. The molecule has 0 aliphatic heterocycles. The molecule has 0 saturated carbocycles. The molecule has 0 atom stereocenters. The van der Waals surface area contributed by atoms with Crippen LogP contribution in [0.15, 0.2) is 47.6 Å². The smallest absolute Gasteiger partial charge is 0.160 e. The normalized spacial score (nSPS) is 11.3. The van der Waals surface area contributed by atoms with Crippen molar-refractivity contribution in [1.29, 1.82) is 0 Å². The highest BCUT2D eigenvalue weighted by atomic mass is 19.1. The second-order valence-corrected chi connectivity index (χ2v) is 4.46. The zero-order valence-electron chi connectivity index (χ0n) is 11.8. The molecule has 0 fully saturated rings. The lowest BCUT2D eigenvalue weighted by atomic mass is 10.1. The van der Waals surface area contributed by atoms with Gasteiger partial charge in [0.15, 0.2) is 11.5 Å². The fourth-order valence-electron chi connectivity index (χ4n) is 1.75. The first kappa shape index (κ1) is 14.8. The van der Waals surface area contributed by atoms with E-state index in [2.05, 4.69) is 5.16 Å². The molecule has 2 aromatic carbocycles. The van der Waals surface area contributed by atoms with Crippen LogP contribution in [0.2, 0.25) is 0 Å². The van der Waals surface area contributed by atoms with Gasteiger partial charge in [0.05, 0.1) is 12.8 Å². The maximum Gasteiger partial charge on any atom is 0.160 e. The van der Waals surface area contributed by atoms with E-state index in [1.165, 1.54) is 19.2 Å². The molecule has 2 aromatic rings. The number of phenolic OH excluding ortho intramolecular Hbond substituents is 1. The maximum atomic E-state index is 12.8. The van der Waals surface area contributed by atoms with Crippen LogP contribution >= 0.6 is 0 Å². The van der Waals surface area contributed by atoms with Gasteiger partial charge in [-0.1, -0.05) is 17.3 Å². The Kier molecular flexibility index (Phi) is 4.77. The van der Waals surface area contributed by atoms with E-state index in [0.717, 1.165) is 11.1 Å². The van der Waals surface area contributed by atoms with Crippen LogP contribution < -0.4 is 4.74 Å². The van der Waals surface area contributed by atoms with Crippen LogP contribution in [-0.2, 0) is 11.4 Å². The van der Waals surface area contributed by atoms with E-state index >= 15 is 0 Å². The number of ether oxygens (including phenoxy) is 1. The third kappa shape index (κ3) is 3.95. The predicted octanol–water partition coefficient (Wildman–Crippen LogP) is 3.48. The summed E-state index contributed by atoms with van der Waals surface area (Å²) in [6, 6.07) is 11.0. The van der Waals surface area contributed by atoms with Gasteiger partial charge in [-0.25, -0.2) is 4.39 Å². The molecule has 110 valence electrons. The summed E-state index contributed by atoms with van der Waals surface area (Å²) in [4.78, 5) is 5.22. The Labute approximate surface area is 122 Å². The Morgan fingerprint density at radius 2 is 1.90 bits per heavy atom. The first-order valence-corrected chi connectivity index (χ1v) is 6.38. The van der Waals surface area contributed by atoms with Gasteiger partial charge in [0.1, 0.15) is 12.4 Å². The van der Waals surface area contributed by atoms with Crippen LogP contribution in [0.25, 0.3) is 0 Å². The first-order valence-electron chi connectivity index (χ1n) is 6.38. The zero-order chi connectivity index (χ0) is 15.2. The van der Waals surface area contributed by atoms with E-state index in [-0.39, 0.29) is 18.2 Å². The molecular weight excluding hydrogens is 273 g/mol. The van der Waals surface area contributed by atoms with Gasteiger partial charge in [0.25, 0.3) is 0 Å². The molecule has 2 rings (SSSR count). The van der Waals surface area contributed by atoms with Crippen molar-refractivity contribution in [2.75, 3.05) is 7.11 Å². The highest BCUT2D eigenvalue weighted by molar-refractivity contribution is 5.98. The van der Waals surface area contributed by atoms with E-state index in [1.54, 1.807) is 37.3 Å². The summed E-state index contributed by atoms with van der Waals surface area (Å²) in [7, 11) is 1.49. The number of rotatable bonds is 5. The molecule has 5 heteroatoms. The molecule has 0 aromatic heterocycles. The average Bonchev–Trinajstić information content (AvgIpc) is 2.49. The number of hydrogen-bond acceptors (Lipinski definition) is 4. The van der Waals surface area contributed by atoms with Crippen LogP contribution in [0.5, 0.6) is 11.5 Å². The standard InChI is InChI=1S/C16H16FNO3/c1-11(13-5-8-16(20-2)15(19)9-13)18-21-10-12-3-6-14(17)7-4-12/h3-9,19H,10H2,1-2H3/b18-11+. The van der Waals surface area contributed by atoms with Gasteiger partial charge >= 0.3 is 0 Å². The molecule has 0 aliphatic rings. The summed E-state index contributed by atoms with van der Waals surface area (Å²) in [5, 5.41) is 13.7. The lowest BCUT2D eigenvalue weighted by Crippen LogP contribution is -1.97. The number of nitrogens with zero attached hydrogens (tertiary/aromatic N) is 1. The van der Waals surface area contributed by atoms with Gasteiger partial charge in [0, 0.05) is 5.56 Å². The van der Waals surface area contributed by atoms with Gasteiger partial charge < -0.3 is 14.7 Å². The Morgan fingerprint density at radius 1 is 1.19 bits per heavy atom. The molecule has 0 radical (unpaired) electrons. The highest BCUT2D eigenvalue weighted by Crippen LogP contribution is 2.26. The molecule has 21 heavy (non-hydrogen) atoms. The number of benzene rings is 2. The second kappa shape index (κ2) is 6.74. The van der Waals surface area contributed by atoms with Crippen LogP contribution in [0.4, 0.5) is 4.39 Å². The Bertz CT molecular complexity index is 638. The van der Waals surface area contributed by atoms with Crippen molar-refractivity contribution < 1.29 is 19.1 Å². The van der Waals surface area contributed by atoms with Crippen molar-refractivity contribution in [3.05, 3.63) is 59.4 Å². The van der Waals surface area contributed by atoms with Crippen LogP contribution in [0.3, 0.4) is 0 Å². The molecule has 4 nitrogen and oxygen atoms in total. The summed E-state index contributed by atoms with van der Waals surface area (Å²) in [6.45, 7) is 2.02. The minimum absolute atomic E-state index is 0.0445. The van der Waals surface area contributed by atoms with E-state index in [0.29, 0.717) is 11.5 Å². The second-order valence-electron chi connectivity index (χ2n) is 4.46. The number of halogens is 1. The summed E-state index contributed by atoms with van der Waals surface area (Å²) < 4.78 is 17.7.